The summed E-state index contributed by atoms with van der Waals surface area (Å²) in [6.45, 7) is 3.58. The molecule has 0 aliphatic rings. The summed E-state index contributed by atoms with van der Waals surface area (Å²) < 4.78 is 10.3. The van der Waals surface area contributed by atoms with E-state index in [1.54, 1.807) is 6.07 Å². The maximum Gasteiger partial charge on any atom is 0.270 e. The Morgan fingerprint density at radius 1 is 1.43 bits per heavy atom. The Morgan fingerprint density at radius 2 is 2.19 bits per heavy atom. The first-order chi connectivity index (χ1) is 10.1. The summed E-state index contributed by atoms with van der Waals surface area (Å²) in [5, 5.41) is 23.6. The molecule has 118 valence electrons. The van der Waals surface area contributed by atoms with Crippen molar-refractivity contribution in [3.63, 3.8) is 0 Å². The minimum atomic E-state index is -0.735. The lowest BCUT2D eigenvalue weighted by Crippen LogP contribution is -2.23. The summed E-state index contributed by atoms with van der Waals surface area (Å²) in [4.78, 5) is 10.4. The number of nitro benzene ring substituents is 1. The number of non-ortho nitro benzene ring substituents is 1. The van der Waals surface area contributed by atoms with Gasteiger partial charge in [-0.1, -0.05) is 6.92 Å². The lowest BCUT2D eigenvalue weighted by molar-refractivity contribution is -0.384. The zero-order valence-corrected chi connectivity index (χ0v) is 12.4. The second kappa shape index (κ2) is 9.28. The summed E-state index contributed by atoms with van der Waals surface area (Å²) in [6.07, 6.45) is 0.235. The Hall–Kier alpha value is -1.70. The van der Waals surface area contributed by atoms with E-state index >= 15 is 0 Å². The van der Waals surface area contributed by atoms with Crippen LogP contribution in [0.3, 0.4) is 0 Å². The van der Waals surface area contributed by atoms with Gasteiger partial charge in [-0.2, -0.15) is 0 Å². The standard InChI is InChI=1S/C14H22N2O5/c1-3-6-15-8-11-7-12(16(18)19)4-5-14(11)21-10-13(17)9-20-2/h4-5,7,13,15,17H,3,6,8-10H2,1-2H3. The molecule has 21 heavy (non-hydrogen) atoms. The van der Waals surface area contributed by atoms with Crippen LogP contribution in [0.4, 0.5) is 5.69 Å². The third-order valence-corrected chi connectivity index (χ3v) is 2.79. The fourth-order valence-electron chi connectivity index (χ4n) is 1.78. The number of ether oxygens (including phenoxy) is 2. The van der Waals surface area contributed by atoms with Gasteiger partial charge in [0.1, 0.15) is 18.5 Å². The number of nitrogens with one attached hydrogen (secondary N) is 1. The number of nitro groups is 1. The van der Waals surface area contributed by atoms with E-state index in [4.69, 9.17) is 9.47 Å². The van der Waals surface area contributed by atoms with Gasteiger partial charge < -0.3 is 19.9 Å². The predicted octanol–water partition coefficient (Wildman–Crippen LogP) is 1.48. The number of hydrogen-bond donors (Lipinski definition) is 2. The monoisotopic (exact) mass is 298 g/mol. The molecule has 1 atom stereocenters. The highest BCUT2D eigenvalue weighted by molar-refractivity contribution is 5.43. The average molecular weight is 298 g/mol. The van der Waals surface area contributed by atoms with Crippen LogP contribution < -0.4 is 10.1 Å². The second-order valence-electron chi connectivity index (χ2n) is 4.65. The molecule has 0 radical (unpaired) electrons. The lowest BCUT2D eigenvalue weighted by atomic mass is 10.1. The Bertz CT molecular complexity index is 453. The molecular weight excluding hydrogens is 276 g/mol. The van der Waals surface area contributed by atoms with E-state index < -0.39 is 11.0 Å². The second-order valence-corrected chi connectivity index (χ2v) is 4.65. The molecule has 0 saturated carbocycles. The van der Waals surface area contributed by atoms with Crippen LogP contribution in [0.5, 0.6) is 5.75 Å². The maximum atomic E-state index is 10.8. The van der Waals surface area contributed by atoms with E-state index in [2.05, 4.69) is 5.32 Å². The van der Waals surface area contributed by atoms with Crippen molar-refractivity contribution in [3.8, 4) is 5.75 Å². The van der Waals surface area contributed by atoms with Gasteiger partial charge in [0.15, 0.2) is 0 Å². The molecule has 1 unspecified atom stereocenters. The number of hydrogen-bond acceptors (Lipinski definition) is 6. The molecule has 0 fully saturated rings. The highest BCUT2D eigenvalue weighted by Gasteiger charge is 2.13. The normalized spacial score (nSPS) is 12.1. The molecular formula is C14H22N2O5. The minimum absolute atomic E-state index is 0.0214. The van der Waals surface area contributed by atoms with Crippen LogP contribution in [0, 0.1) is 10.1 Å². The van der Waals surface area contributed by atoms with E-state index in [-0.39, 0.29) is 18.9 Å². The molecule has 1 aromatic rings. The number of aliphatic hydroxyl groups is 1. The molecule has 7 heteroatoms. The van der Waals surface area contributed by atoms with E-state index in [1.807, 2.05) is 6.92 Å². The van der Waals surface area contributed by atoms with Crippen molar-refractivity contribution in [2.45, 2.75) is 26.0 Å². The van der Waals surface area contributed by atoms with Gasteiger partial charge in [-0.05, 0) is 19.0 Å². The number of nitrogens with zero attached hydrogens (tertiary/aromatic N) is 1. The fourth-order valence-corrected chi connectivity index (χ4v) is 1.78. The predicted molar refractivity (Wildman–Crippen MR) is 78.5 cm³/mol. The Labute approximate surface area is 124 Å². The van der Waals surface area contributed by atoms with Crippen molar-refractivity contribution < 1.29 is 19.5 Å². The van der Waals surface area contributed by atoms with E-state index in [0.717, 1.165) is 13.0 Å². The first-order valence-electron chi connectivity index (χ1n) is 6.86. The molecule has 0 aromatic heterocycles. The van der Waals surface area contributed by atoms with Crippen molar-refractivity contribution in [1.82, 2.24) is 5.32 Å². The van der Waals surface area contributed by atoms with Gasteiger partial charge in [-0.15, -0.1) is 0 Å². The number of aliphatic hydroxyl groups excluding tert-OH is 1. The van der Waals surface area contributed by atoms with Crippen molar-refractivity contribution in [2.24, 2.45) is 0 Å². The first kappa shape index (κ1) is 17.4. The molecule has 1 rings (SSSR count). The van der Waals surface area contributed by atoms with E-state index in [1.165, 1.54) is 19.2 Å². The van der Waals surface area contributed by atoms with Gasteiger partial charge in [-0.25, -0.2) is 0 Å². The largest absolute Gasteiger partial charge is 0.490 e. The Morgan fingerprint density at radius 3 is 2.81 bits per heavy atom. The van der Waals surface area contributed by atoms with Crippen LogP contribution in [0.15, 0.2) is 18.2 Å². The summed E-state index contributed by atoms with van der Waals surface area (Å²) >= 11 is 0. The average Bonchev–Trinajstić information content (AvgIpc) is 2.46. The third-order valence-electron chi connectivity index (χ3n) is 2.79. The zero-order valence-electron chi connectivity index (χ0n) is 12.4. The van der Waals surface area contributed by atoms with Crippen molar-refractivity contribution >= 4 is 5.69 Å². The SMILES string of the molecule is CCCNCc1cc([N+](=O)[O-])ccc1OCC(O)COC. The van der Waals surface area contributed by atoms with Crippen LogP contribution in [0.25, 0.3) is 0 Å². The lowest BCUT2D eigenvalue weighted by Gasteiger charge is -2.14. The molecule has 0 bridgehead atoms. The highest BCUT2D eigenvalue weighted by Crippen LogP contribution is 2.24. The summed E-state index contributed by atoms with van der Waals surface area (Å²) in [6, 6.07) is 4.43. The minimum Gasteiger partial charge on any atom is -0.490 e. The highest BCUT2D eigenvalue weighted by atomic mass is 16.6. The maximum absolute atomic E-state index is 10.8. The quantitative estimate of drug-likeness (QED) is 0.386. The molecule has 1 aromatic carbocycles. The summed E-state index contributed by atoms with van der Waals surface area (Å²) in [7, 11) is 1.50. The van der Waals surface area contributed by atoms with Gasteiger partial charge in [0.25, 0.3) is 5.69 Å². The summed E-state index contributed by atoms with van der Waals surface area (Å²) in [5.41, 5.74) is 0.718. The number of methoxy groups -OCH3 is 1. The number of rotatable bonds is 10. The molecule has 7 nitrogen and oxygen atoms in total. The van der Waals surface area contributed by atoms with Crippen LogP contribution in [-0.2, 0) is 11.3 Å². The molecule has 0 amide bonds. The zero-order chi connectivity index (χ0) is 15.7. The van der Waals surface area contributed by atoms with E-state index in [0.29, 0.717) is 17.9 Å². The van der Waals surface area contributed by atoms with Crippen LogP contribution in [-0.4, -0.2) is 43.0 Å². The van der Waals surface area contributed by atoms with Crippen molar-refractivity contribution in [3.05, 3.63) is 33.9 Å². The summed E-state index contributed by atoms with van der Waals surface area (Å²) in [5.74, 6) is 0.527. The Kier molecular flexibility index (Phi) is 7.66. The molecule has 0 spiro atoms. The van der Waals surface area contributed by atoms with Gasteiger partial charge in [0.05, 0.1) is 11.5 Å². The molecule has 0 saturated heterocycles. The first-order valence-corrected chi connectivity index (χ1v) is 6.86. The van der Waals surface area contributed by atoms with Gasteiger partial charge in [0.2, 0.25) is 0 Å². The molecule has 0 aliphatic heterocycles. The van der Waals surface area contributed by atoms with Crippen LogP contribution in [0.1, 0.15) is 18.9 Å². The van der Waals surface area contributed by atoms with Gasteiger partial charge in [0, 0.05) is 31.4 Å². The third kappa shape index (κ3) is 6.07. The Balaban J connectivity index is 2.77. The van der Waals surface area contributed by atoms with Crippen molar-refractivity contribution in [2.75, 3.05) is 26.9 Å². The van der Waals surface area contributed by atoms with E-state index in [9.17, 15) is 15.2 Å². The molecule has 0 aliphatic carbocycles. The fraction of sp³-hybridized carbons (Fsp3) is 0.571. The van der Waals surface area contributed by atoms with Gasteiger partial charge in [-0.3, -0.25) is 10.1 Å². The molecule has 0 heterocycles. The number of benzene rings is 1. The van der Waals surface area contributed by atoms with Crippen LogP contribution >= 0.6 is 0 Å². The smallest absolute Gasteiger partial charge is 0.270 e. The van der Waals surface area contributed by atoms with Crippen LogP contribution in [0.2, 0.25) is 0 Å². The molecule has 2 N–H and O–H groups in total. The topological polar surface area (TPSA) is 93.9 Å². The van der Waals surface area contributed by atoms with Gasteiger partial charge >= 0.3 is 0 Å². The van der Waals surface area contributed by atoms with Crippen molar-refractivity contribution in [1.29, 1.82) is 0 Å².